The Hall–Kier alpha value is -2.08. The van der Waals surface area contributed by atoms with E-state index in [0.717, 1.165) is 37.0 Å². The van der Waals surface area contributed by atoms with E-state index in [1.807, 2.05) is 17.3 Å². The van der Waals surface area contributed by atoms with Crippen LogP contribution in [0.2, 0.25) is 0 Å². The molecule has 3 rings (SSSR count). The fourth-order valence-corrected chi connectivity index (χ4v) is 3.72. The maximum atomic E-state index is 12.5. The van der Waals surface area contributed by atoms with Gasteiger partial charge in [0, 0.05) is 44.3 Å². The number of hydrogen-bond donors (Lipinski definition) is 1. The Bertz CT molecular complexity index is 720. The second-order valence-electron chi connectivity index (χ2n) is 6.16. The molecule has 1 N–H and O–H groups in total. The number of nitrogens with one attached hydrogen (secondary N) is 1. The van der Waals surface area contributed by atoms with Gasteiger partial charge in [-0.2, -0.15) is 0 Å². The predicted octanol–water partition coefficient (Wildman–Crippen LogP) is 2.69. The highest BCUT2D eigenvalue weighted by atomic mass is 32.1. The molecule has 0 bridgehead atoms. The minimum atomic E-state index is 0.170. The van der Waals surface area contributed by atoms with E-state index >= 15 is 0 Å². The quantitative estimate of drug-likeness (QED) is 0.926. The number of anilines is 2. The van der Waals surface area contributed by atoms with E-state index in [-0.39, 0.29) is 5.91 Å². The molecule has 2 heterocycles. The van der Waals surface area contributed by atoms with Crippen molar-refractivity contribution in [2.75, 3.05) is 43.4 Å². The van der Waals surface area contributed by atoms with Crippen LogP contribution in [-0.4, -0.2) is 49.0 Å². The number of hydrogen-bond acceptors (Lipinski definition) is 5. The van der Waals surface area contributed by atoms with Crippen molar-refractivity contribution in [1.82, 2.24) is 9.88 Å². The third kappa shape index (κ3) is 3.53. The topological polar surface area (TPSA) is 48.5 Å². The molecule has 0 saturated carbocycles. The minimum absolute atomic E-state index is 0.170. The van der Waals surface area contributed by atoms with Gasteiger partial charge in [-0.1, -0.05) is 12.1 Å². The molecule has 1 amide bonds. The number of benzene rings is 1. The van der Waals surface area contributed by atoms with Crippen LogP contribution < -0.4 is 10.2 Å². The van der Waals surface area contributed by atoms with Gasteiger partial charge < -0.3 is 15.1 Å². The Morgan fingerprint density at radius 3 is 2.67 bits per heavy atom. The first-order valence-electron chi connectivity index (χ1n) is 8.29. The number of aryl methyl sites for hydroxylation is 1. The zero-order valence-corrected chi connectivity index (χ0v) is 15.3. The third-order valence-corrected chi connectivity index (χ3v) is 5.56. The summed E-state index contributed by atoms with van der Waals surface area (Å²) in [7, 11) is 1.84. The molecule has 0 unspecified atom stereocenters. The van der Waals surface area contributed by atoms with Gasteiger partial charge in [0.1, 0.15) is 0 Å². The molecule has 1 aliphatic rings. The fraction of sp³-hybridized carbons (Fsp3) is 0.444. The molecule has 0 atom stereocenters. The molecule has 1 saturated heterocycles. The number of thiazole rings is 1. The average Bonchev–Trinajstić information content (AvgIpc) is 3.05. The number of nitrogens with zero attached hydrogens (tertiary/aromatic N) is 3. The van der Waals surface area contributed by atoms with Crippen molar-refractivity contribution in [3.8, 4) is 0 Å². The van der Waals surface area contributed by atoms with Gasteiger partial charge in [0.15, 0.2) is 5.13 Å². The largest absolute Gasteiger partial charge is 0.368 e. The summed E-state index contributed by atoms with van der Waals surface area (Å²) in [5, 5.41) is 5.82. The molecule has 24 heavy (non-hydrogen) atoms. The Labute approximate surface area is 147 Å². The van der Waals surface area contributed by atoms with Crippen LogP contribution in [0.15, 0.2) is 23.6 Å². The number of carbonyl (C=O) groups excluding carboxylic acids is 1. The van der Waals surface area contributed by atoms with E-state index in [1.54, 1.807) is 0 Å². The minimum Gasteiger partial charge on any atom is -0.368 e. The zero-order chi connectivity index (χ0) is 17.1. The fourth-order valence-electron chi connectivity index (χ4n) is 3.04. The second-order valence-corrected chi connectivity index (χ2v) is 7.02. The monoisotopic (exact) mass is 344 g/mol. The molecule has 1 aromatic carbocycles. The van der Waals surface area contributed by atoms with Crippen molar-refractivity contribution >= 4 is 28.1 Å². The average molecular weight is 344 g/mol. The van der Waals surface area contributed by atoms with Gasteiger partial charge in [0.2, 0.25) is 5.91 Å². The molecule has 5 nitrogen and oxygen atoms in total. The number of carbonyl (C=O) groups is 1. The molecule has 1 aliphatic heterocycles. The first-order valence-corrected chi connectivity index (χ1v) is 9.17. The summed E-state index contributed by atoms with van der Waals surface area (Å²) in [4.78, 5) is 21.2. The van der Waals surface area contributed by atoms with Gasteiger partial charge >= 0.3 is 0 Å². The van der Waals surface area contributed by atoms with Crippen LogP contribution in [0.4, 0.5) is 10.8 Å². The van der Waals surface area contributed by atoms with Gasteiger partial charge in [0.05, 0.1) is 12.1 Å². The van der Waals surface area contributed by atoms with Crippen LogP contribution in [0.1, 0.15) is 16.8 Å². The highest BCUT2D eigenvalue weighted by Gasteiger charge is 2.22. The first-order chi connectivity index (χ1) is 11.6. The van der Waals surface area contributed by atoms with E-state index in [1.165, 1.54) is 28.2 Å². The lowest BCUT2D eigenvalue weighted by atomic mass is 10.1. The SMILES string of the molecule is CNc1nc(CC(=O)N2CCN(c3cccc(C)c3C)CC2)cs1. The van der Waals surface area contributed by atoms with Gasteiger partial charge in [0.25, 0.3) is 0 Å². The van der Waals surface area contributed by atoms with Gasteiger partial charge in [-0.25, -0.2) is 4.98 Å². The highest BCUT2D eigenvalue weighted by molar-refractivity contribution is 7.13. The van der Waals surface area contributed by atoms with Crippen LogP contribution in [0.5, 0.6) is 0 Å². The number of piperazine rings is 1. The van der Waals surface area contributed by atoms with Crippen LogP contribution >= 0.6 is 11.3 Å². The van der Waals surface area contributed by atoms with E-state index in [9.17, 15) is 4.79 Å². The summed E-state index contributed by atoms with van der Waals surface area (Å²) in [5.41, 5.74) is 4.79. The standard InChI is InChI=1S/C18H24N4OS/c1-13-5-4-6-16(14(13)2)21-7-9-22(10-8-21)17(23)11-15-12-24-18(19-3)20-15/h4-6,12H,7-11H2,1-3H3,(H,19,20). The summed E-state index contributed by atoms with van der Waals surface area (Å²) in [6, 6.07) is 6.43. The first kappa shape index (κ1) is 16.8. The van der Waals surface area contributed by atoms with Crippen molar-refractivity contribution in [1.29, 1.82) is 0 Å². The predicted molar refractivity (Wildman–Crippen MR) is 100 cm³/mol. The van der Waals surface area contributed by atoms with Crippen molar-refractivity contribution in [2.45, 2.75) is 20.3 Å². The molecule has 2 aromatic rings. The second kappa shape index (κ2) is 7.21. The van der Waals surface area contributed by atoms with Gasteiger partial charge in [-0.15, -0.1) is 11.3 Å². The molecule has 0 spiro atoms. The lowest BCUT2D eigenvalue weighted by molar-refractivity contribution is -0.130. The Morgan fingerprint density at radius 2 is 2.00 bits per heavy atom. The Kier molecular flexibility index (Phi) is 5.04. The Balaban J connectivity index is 1.58. The van der Waals surface area contributed by atoms with Crippen LogP contribution in [-0.2, 0) is 11.2 Å². The summed E-state index contributed by atoms with van der Waals surface area (Å²) in [5.74, 6) is 0.170. The van der Waals surface area contributed by atoms with E-state index in [2.05, 4.69) is 47.2 Å². The summed E-state index contributed by atoms with van der Waals surface area (Å²) in [6.07, 6.45) is 0.391. The smallest absolute Gasteiger partial charge is 0.228 e. The van der Waals surface area contributed by atoms with E-state index in [4.69, 9.17) is 0 Å². The molecule has 0 radical (unpaired) electrons. The lowest BCUT2D eigenvalue weighted by Crippen LogP contribution is -2.49. The summed E-state index contributed by atoms with van der Waals surface area (Å²) >= 11 is 1.54. The molecular weight excluding hydrogens is 320 g/mol. The lowest BCUT2D eigenvalue weighted by Gasteiger charge is -2.37. The van der Waals surface area contributed by atoms with Crippen LogP contribution in [0.3, 0.4) is 0 Å². The molecule has 6 heteroatoms. The zero-order valence-electron chi connectivity index (χ0n) is 14.5. The molecule has 1 fully saturated rings. The molecule has 128 valence electrons. The van der Waals surface area contributed by atoms with Crippen LogP contribution in [0, 0.1) is 13.8 Å². The number of rotatable bonds is 4. The van der Waals surface area contributed by atoms with Crippen molar-refractivity contribution in [2.24, 2.45) is 0 Å². The van der Waals surface area contributed by atoms with E-state index in [0.29, 0.717) is 6.42 Å². The maximum absolute atomic E-state index is 12.5. The molecular formula is C18H24N4OS. The van der Waals surface area contributed by atoms with Gasteiger partial charge in [-0.3, -0.25) is 4.79 Å². The third-order valence-electron chi connectivity index (χ3n) is 4.65. The number of amides is 1. The van der Waals surface area contributed by atoms with Crippen molar-refractivity contribution in [3.63, 3.8) is 0 Å². The maximum Gasteiger partial charge on any atom is 0.228 e. The summed E-state index contributed by atoms with van der Waals surface area (Å²) < 4.78 is 0. The Morgan fingerprint density at radius 1 is 1.25 bits per heavy atom. The normalized spacial score (nSPS) is 14.8. The van der Waals surface area contributed by atoms with Crippen LogP contribution in [0.25, 0.3) is 0 Å². The number of aromatic nitrogens is 1. The van der Waals surface area contributed by atoms with Crippen molar-refractivity contribution in [3.05, 3.63) is 40.4 Å². The van der Waals surface area contributed by atoms with Crippen molar-refractivity contribution < 1.29 is 4.79 Å². The summed E-state index contributed by atoms with van der Waals surface area (Å²) in [6.45, 7) is 7.63. The van der Waals surface area contributed by atoms with Gasteiger partial charge in [-0.05, 0) is 31.0 Å². The van der Waals surface area contributed by atoms with E-state index < -0.39 is 0 Å². The molecule has 0 aliphatic carbocycles. The highest BCUT2D eigenvalue weighted by Crippen LogP contribution is 2.24. The molecule has 1 aromatic heterocycles.